The molecule has 2 heterocycles. The molecule has 1 amide bonds. The summed E-state index contributed by atoms with van der Waals surface area (Å²) in [6, 6.07) is 10.1. The number of carbonyl (C=O) groups is 2. The number of ether oxygens (including phenoxy) is 1. The van der Waals surface area contributed by atoms with Crippen molar-refractivity contribution in [2.45, 2.75) is 51.1 Å². The molecule has 0 atom stereocenters. The Bertz CT molecular complexity index is 1070. The van der Waals surface area contributed by atoms with E-state index >= 15 is 0 Å². The number of furan rings is 1. The largest absolute Gasteiger partial charge is 0.492 e. The zero-order chi connectivity index (χ0) is 23.3. The lowest BCUT2D eigenvalue weighted by atomic mass is 10.1. The third kappa shape index (κ3) is 5.79. The zero-order valence-corrected chi connectivity index (χ0v) is 18.6. The zero-order valence-electron chi connectivity index (χ0n) is 18.8. The van der Waals surface area contributed by atoms with E-state index in [1.54, 1.807) is 23.3 Å². The number of nitrogens with zero attached hydrogens (tertiary/aromatic N) is 1. The van der Waals surface area contributed by atoms with E-state index in [1.807, 2.05) is 35.0 Å². The summed E-state index contributed by atoms with van der Waals surface area (Å²) in [4.78, 5) is 25.6. The minimum atomic E-state index is -0.882. The second kappa shape index (κ2) is 10.5. The van der Waals surface area contributed by atoms with Gasteiger partial charge in [-0.3, -0.25) is 9.59 Å². The van der Waals surface area contributed by atoms with Gasteiger partial charge < -0.3 is 19.2 Å². The third-order valence-corrected chi connectivity index (χ3v) is 6.13. The van der Waals surface area contributed by atoms with Crippen molar-refractivity contribution in [3.05, 3.63) is 64.5 Å². The lowest BCUT2D eigenvalue weighted by molar-refractivity contribution is -0.137. The number of rotatable bonds is 12. The van der Waals surface area contributed by atoms with Crippen molar-refractivity contribution >= 4 is 23.2 Å². The third-order valence-electron chi connectivity index (χ3n) is 5.36. The Morgan fingerprint density at radius 2 is 1.97 bits per heavy atom. The second-order valence-corrected chi connectivity index (χ2v) is 8.57. The number of unbranched alkanes of at least 4 members (excludes halogenated alkanes) is 2. The summed E-state index contributed by atoms with van der Waals surface area (Å²) in [7, 11) is 0. The fourth-order valence-corrected chi connectivity index (χ4v) is 4.26. The Balaban J connectivity index is 1.40. The van der Waals surface area contributed by atoms with Gasteiger partial charge in [0.15, 0.2) is 0 Å². The van der Waals surface area contributed by atoms with Crippen molar-refractivity contribution < 1.29 is 25.2 Å². The van der Waals surface area contributed by atoms with Crippen LogP contribution in [0, 0.1) is 0 Å². The van der Waals surface area contributed by atoms with Crippen molar-refractivity contribution in [2.75, 3.05) is 6.61 Å². The van der Waals surface area contributed by atoms with Crippen LogP contribution in [0.15, 0.2) is 57.8 Å². The van der Waals surface area contributed by atoms with Crippen LogP contribution in [0.3, 0.4) is 0 Å². The number of benzene rings is 1. The number of thiophene rings is 1. The summed E-state index contributed by atoms with van der Waals surface area (Å²) < 4.78 is 20.0. The van der Waals surface area contributed by atoms with E-state index < -0.39 is 12.0 Å². The molecule has 168 valence electrons. The molecule has 0 radical (unpaired) electrons. The molecule has 0 bridgehead atoms. The first kappa shape index (κ1) is 20.8. The first-order valence-electron chi connectivity index (χ1n) is 11.3. The molecule has 1 aliphatic carbocycles. The monoisotopic (exact) mass is 454 g/mol. The summed E-state index contributed by atoms with van der Waals surface area (Å²) in [5.41, 5.74) is 2.33. The number of hydrogen-bond donors (Lipinski definition) is 1. The number of carboxylic acid groups (broad SMARTS) is 1. The molecular formula is C25H27NO5S. The maximum absolute atomic E-state index is 13.4. The Kier molecular flexibility index (Phi) is 6.83. The van der Waals surface area contributed by atoms with E-state index in [4.69, 9.17) is 15.6 Å². The molecule has 7 heteroatoms. The lowest BCUT2D eigenvalue weighted by Gasteiger charge is -2.23. The highest BCUT2D eigenvalue weighted by molar-refractivity contribution is 7.08. The van der Waals surface area contributed by atoms with E-state index in [0.717, 1.165) is 35.5 Å². The molecule has 3 aromatic rings. The van der Waals surface area contributed by atoms with Crippen molar-refractivity contribution in [3.8, 4) is 17.1 Å². The molecule has 6 nitrogen and oxygen atoms in total. The minimum absolute atomic E-state index is 0.167. The minimum Gasteiger partial charge on any atom is -0.492 e. The maximum Gasteiger partial charge on any atom is 0.303 e. The first-order valence-corrected chi connectivity index (χ1v) is 11.8. The summed E-state index contributed by atoms with van der Waals surface area (Å²) in [6.45, 7) is 0.817. The van der Waals surface area contributed by atoms with Gasteiger partial charge in [0.1, 0.15) is 11.5 Å². The molecule has 0 aliphatic heterocycles. The number of carbonyl (C=O) groups excluding carboxylic acids is 1. The quantitative estimate of drug-likeness (QED) is 0.348. The van der Waals surface area contributed by atoms with Gasteiger partial charge in [-0.1, -0.05) is 12.1 Å². The smallest absolute Gasteiger partial charge is 0.303 e. The van der Waals surface area contributed by atoms with Crippen LogP contribution >= 0.6 is 11.3 Å². The van der Waals surface area contributed by atoms with E-state index in [2.05, 4.69) is 0 Å². The van der Waals surface area contributed by atoms with Crippen LogP contribution in [0.2, 0.25) is 0 Å². The Morgan fingerprint density at radius 1 is 1.16 bits per heavy atom. The molecule has 1 aliphatic rings. The topological polar surface area (TPSA) is 80.0 Å². The molecule has 32 heavy (non-hydrogen) atoms. The van der Waals surface area contributed by atoms with Gasteiger partial charge in [-0.05, 0) is 61.7 Å². The number of amides is 1. The van der Waals surface area contributed by atoms with Crippen LogP contribution in [0.4, 0.5) is 0 Å². The molecule has 1 fully saturated rings. The van der Waals surface area contributed by atoms with Crippen LogP contribution < -0.4 is 4.74 Å². The van der Waals surface area contributed by atoms with Crippen LogP contribution in [-0.4, -0.2) is 34.5 Å². The van der Waals surface area contributed by atoms with Gasteiger partial charge in [0.25, 0.3) is 5.91 Å². The van der Waals surface area contributed by atoms with Crippen molar-refractivity contribution in [1.29, 1.82) is 0 Å². The van der Waals surface area contributed by atoms with Gasteiger partial charge in [-0.2, -0.15) is 0 Å². The SMILES string of the molecule is [2H]C1(N(Cc2cscc2OCCCCCC(=O)O)C(=O)c2ccc(-c3ccco3)cc2)CC1. The Morgan fingerprint density at radius 3 is 2.66 bits per heavy atom. The molecule has 1 saturated carbocycles. The number of hydrogen-bond acceptors (Lipinski definition) is 5. The van der Waals surface area contributed by atoms with Crippen molar-refractivity contribution in [3.63, 3.8) is 0 Å². The van der Waals surface area contributed by atoms with Crippen LogP contribution in [0.1, 0.15) is 55.8 Å². The number of aliphatic carboxylic acids is 1. The molecule has 2 aromatic heterocycles. The number of carboxylic acids is 1. The fraction of sp³-hybridized carbons (Fsp3) is 0.360. The average molecular weight is 455 g/mol. The second-order valence-electron chi connectivity index (χ2n) is 7.83. The highest BCUT2D eigenvalue weighted by Gasteiger charge is 2.33. The normalized spacial score (nSPS) is 14.6. The van der Waals surface area contributed by atoms with Crippen LogP contribution in [0.25, 0.3) is 11.3 Å². The standard InChI is InChI=1S/C25H27NO5S/c27-24(28)6-2-1-3-13-31-23-17-32-16-20(23)15-26(21-11-12-21)25(29)19-9-7-18(8-10-19)22-5-4-14-30-22/h4-5,7-10,14,16-17,21H,1-3,6,11-13,15H2,(H,27,28)/i21D. The summed E-state index contributed by atoms with van der Waals surface area (Å²) in [5.74, 6) is 0.529. The summed E-state index contributed by atoms with van der Waals surface area (Å²) >= 11 is 1.51. The highest BCUT2D eigenvalue weighted by atomic mass is 32.1. The van der Waals surface area contributed by atoms with E-state index in [9.17, 15) is 9.59 Å². The van der Waals surface area contributed by atoms with Crippen molar-refractivity contribution in [1.82, 2.24) is 4.90 Å². The molecule has 0 unspecified atom stereocenters. The lowest BCUT2D eigenvalue weighted by Crippen LogP contribution is -2.32. The molecule has 0 saturated heterocycles. The highest BCUT2D eigenvalue weighted by Crippen LogP contribution is 2.33. The average Bonchev–Trinajstić information content (AvgIpc) is 3.21. The Labute approximate surface area is 192 Å². The van der Waals surface area contributed by atoms with Gasteiger partial charge in [0, 0.05) is 34.5 Å². The summed E-state index contributed by atoms with van der Waals surface area (Å²) in [5, 5.41) is 12.6. The predicted octanol–water partition coefficient (Wildman–Crippen LogP) is 5.84. The Hall–Kier alpha value is -3.06. The van der Waals surface area contributed by atoms with E-state index in [-0.39, 0.29) is 12.3 Å². The molecular weight excluding hydrogens is 426 g/mol. The molecule has 1 aromatic carbocycles. The van der Waals surface area contributed by atoms with Crippen LogP contribution in [0.5, 0.6) is 5.75 Å². The van der Waals surface area contributed by atoms with Gasteiger partial charge in [-0.15, -0.1) is 11.3 Å². The predicted molar refractivity (Wildman–Crippen MR) is 123 cm³/mol. The summed E-state index contributed by atoms with van der Waals surface area (Å²) in [6.07, 6.45) is 5.31. The van der Waals surface area contributed by atoms with Gasteiger partial charge >= 0.3 is 5.97 Å². The fourth-order valence-electron chi connectivity index (χ4n) is 3.49. The maximum atomic E-state index is 13.4. The van der Waals surface area contributed by atoms with Gasteiger partial charge in [0.2, 0.25) is 0 Å². The molecule has 0 spiro atoms. The van der Waals surface area contributed by atoms with E-state index in [1.165, 1.54) is 11.3 Å². The van der Waals surface area contributed by atoms with Crippen molar-refractivity contribution in [2.24, 2.45) is 0 Å². The molecule has 4 rings (SSSR count). The molecule has 1 N–H and O–H groups in total. The first-order chi connectivity index (χ1) is 16.0. The van der Waals surface area contributed by atoms with Gasteiger partial charge in [-0.25, -0.2) is 0 Å². The van der Waals surface area contributed by atoms with E-state index in [0.29, 0.717) is 38.0 Å². The van der Waals surface area contributed by atoms with Crippen LogP contribution in [-0.2, 0) is 11.3 Å². The van der Waals surface area contributed by atoms with Gasteiger partial charge in [0.05, 0.1) is 20.8 Å².